The number of anilines is 1. The summed E-state index contributed by atoms with van der Waals surface area (Å²) in [5, 5.41) is 2.90. The monoisotopic (exact) mass is 579 g/mol. The van der Waals surface area contributed by atoms with Gasteiger partial charge in [0.15, 0.2) is 0 Å². The number of nitrogens with zero attached hydrogens (tertiary/aromatic N) is 2. The van der Waals surface area contributed by atoms with Crippen LogP contribution in [0.2, 0.25) is 0 Å². The first kappa shape index (κ1) is 31.7. The Morgan fingerprint density at radius 3 is 2.15 bits per heavy atom. The van der Waals surface area contributed by atoms with Gasteiger partial charge in [-0.1, -0.05) is 68.8 Å². The third kappa shape index (κ3) is 8.10. The molecule has 3 aromatic carbocycles. The second kappa shape index (κ2) is 14.2. The number of hydrogen-bond donors (Lipinski definition) is 1. The normalized spacial score (nSPS) is 12.1. The standard InChI is InChI=1S/C32H41N3O5S/c1-7-27-10-8-9-11-30(27)35(41(38,39)29-18-12-24(4)13-19-29)22-31(36)34(25(5)32(37)33-20-23(2)3)21-26-14-16-28(40-6)17-15-26/h8-19,23,25H,7,20-22H2,1-6H3,(H,33,37)/t25-/m1/s1. The van der Waals surface area contributed by atoms with Crippen molar-refractivity contribution in [2.75, 3.05) is 24.5 Å². The zero-order valence-corrected chi connectivity index (χ0v) is 25.6. The Labute approximate surface area is 244 Å². The predicted molar refractivity (Wildman–Crippen MR) is 162 cm³/mol. The van der Waals surface area contributed by atoms with Gasteiger partial charge in [-0.15, -0.1) is 0 Å². The number of hydrogen-bond acceptors (Lipinski definition) is 5. The highest BCUT2D eigenvalue weighted by Crippen LogP contribution is 2.28. The van der Waals surface area contributed by atoms with E-state index in [-0.39, 0.29) is 23.3 Å². The van der Waals surface area contributed by atoms with Gasteiger partial charge in [0.2, 0.25) is 11.8 Å². The molecule has 1 N–H and O–H groups in total. The Morgan fingerprint density at radius 1 is 0.927 bits per heavy atom. The van der Waals surface area contributed by atoms with Crippen molar-refractivity contribution in [1.82, 2.24) is 10.2 Å². The van der Waals surface area contributed by atoms with Crippen LogP contribution in [0.4, 0.5) is 5.69 Å². The zero-order valence-electron chi connectivity index (χ0n) is 24.8. The van der Waals surface area contributed by atoms with Gasteiger partial charge < -0.3 is 15.0 Å². The minimum absolute atomic E-state index is 0.0891. The van der Waals surface area contributed by atoms with Gasteiger partial charge in [-0.2, -0.15) is 0 Å². The molecule has 0 fully saturated rings. The van der Waals surface area contributed by atoms with E-state index < -0.39 is 28.5 Å². The molecule has 3 rings (SSSR count). The second-order valence-electron chi connectivity index (χ2n) is 10.5. The second-order valence-corrected chi connectivity index (χ2v) is 12.4. The fourth-order valence-electron chi connectivity index (χ4n) is 4.37. The van der Waals surface area contributed by atoms with Gasteiger partial charge in [-0.05, 0) is 67.6 Å². The van der Waals surface area contributed by atoms with E-state index in [1.165, 1.54) is 9.21 Å². The van der Waals surface area contributed by atoms with E-state index >= 15 is 0 Å². The van der Waals surface area contributed by atoms with E-state index in [1.807, 2.05) is 52.0 Å². The molecule has 0 aliphatic carbocycles. The summed E-state index contributed by atoms with van der Waals surface area (Å²) in [6.07, 6.45) is 0.577. The zero-order chi connectivity index (χ0) is 30.2. The van der Waals surface area contributed by atoms with E-state index in [0.29, 0.717) is 24.4 Å². The van der Waals surface area contributed by atoms with Crippen LogP contribution >= 0.6 is 0 Å². The number of methoxy groups -OCH3 is 1. The van der Waals surface area contributed by atoms with Gasteiger partial charge >= 0.3 is 0 Å². The Bertz CT molecular complexity index is 1420. The number of ether oxygens (including phenoxy) is 1. The number of rotatable bonds is 13. The van der Waals surface area contributed by atoms with Crippen LogP contribution in [0, 0.1) is 12.8 Å². The maximum absolute atomic E-state index is 14.1. The summed E-state index contributed by atoms with van der Waals surface area (Å²) >= 11 is 0. The lowest BCUT2D eigenvalue weighted by Gasteiger charge is -2.32. The molecule has 0 heterocycles. The molecule has 8 nitrogen and oxygen atoms in total. The molecular formula is C32H41N3O5S. The van der Waals surface area contributed by atoms with Gasteiger partial charge in [-0.25, -0.2) is 8.42 Å². The van der Waals surface area contributed by atoms with Crippen molar-refractivity contribution in [2.45, 2.75) is 58.5 Å². The van der Waals surface area contributed by atoms with Crippen molar-refractivity contribution in [3.8, 4) is 5.75 Å². The Hall–Kier alpha value is -3.85. The van der Waals surface area contributed by atoms with Gasteiger partial charge in [-0.3, -0.25) is 13.9 Å². The summed E-state index contributed by atoms with van der Waals surface area (Å²) in [7, 11) is -2.54. The molecule has 0 aliphatic rings. The van der Waals surface area contributed by atoms with Crippen molar-refractivity contribution in [2.24, 2.45) is 5.92 Å². The lowest BCUT2D eigenvalue weighted by atomic mass is 10.1. The summed E-state index contributed by atoms with van der Waals surface area (Å²) in [5.74, 6) is 0.107. The molecule has 41 heavy (non-hydrogen) atoms. The number of carbonyl (C=O) groups is 2. The Balaban J connectivity index is 2.04. The van der Waals surface area contributed by atoms with Crippen molar-refractivity contribution < 1.29 is 22.7 Å². The molecular weight excluding hydrogens is 538 g/mol. The van der Waals surface area contributed by atoms with Crippen molar-refractivity contribution in [3.05, 3.63) is 89.5 Å². The first-order chi connectivity index (χ1) is 19.5. The fourth-order valence-corrected chi connectivity index (χ4v) is 5.82. The van der Waals surface area contributed by atoms with Crippen LogP contribution in [0.1, 0.15) is 44.4 Å². The van der Waals surface area contributed by atoms with E-state index in [4.69, 9.17) is 4.74 Å². The topological polar surface area (TPSA) is 96.0 Å². The first-order valence-corrected chi connectivity index (χ1v) is 15.3. The molecule has 3 aromatic rings. The van der Waals surface area contributed by atoms with E-state index in [1.54, 1.807) is 62.6 Å². The maximum atomic E-state index is 14.1. The summed E-state index contributed by atoms with van der Waals surface area (Å²) in [6, 6.07) is 20.1. The maximum Gasteiger partial charge on any atom is 0.264 e. The lowest BCUT2D eigenvalue weighted by Crippen LogP contribution is -2.51. The highest BCUT2D eigenvalue weighted by Gasteiger charge is 2.33. The smallest absolute Gasteiger partial charge is 0.264 e. The van der Waals surface area contributed by atoms with E-state index in [2.05, 4.69) is 5.32 Å². The lowest BCUT2D eigenvalue weighted by molar-refractivity contribution is -0.139. The molecule has 0 aliphatic heterocycles. The van der Waals surface area contributed by atoms with E-state index in [0.717, 1.165) is 16.7 Å². The number of nitrogens with one attached hydrogen (secondary N) is 1. The van der Waals surface area contributed by atoms with Crippen LogP contribution in [0.25, 0.3) is 0 Å². The van der Waals surface area contributed by atoms with Crippen molar-refractivity contribution >= 4 is 27.5 Å². The third-order valence-electron chi connectivity index (χ3n) is 6.89. The number of aryl methyl sites for hydroxylation is 2. The van der Waals surface area contributed by atoms with Gasteiger partial charge in [0.05, 0.1) is 17.7 Å². The predicted octanol–water partition coefficient (Wildman–Crippen LogP) is 4.95. The molecule has 0 unspecified atom stereocenters. The van der Waals surface area contributed by atoms with Crippen LogP contribution in [0.3, 0.4) is 0 Å². The minimum Gasteiger partial charge on any atom is -0.497 e. The fraction of sp³-hybridized carbons (Fsp3) is 0.375. The summed E-state index contributed by atoms with van der Waals surface area (Å²) in [5.41, 5.74) is 2.93. The van der Waals surface area contributed by atoms with Crippen molar-refractivity contribution in [1.29, 1.82) is 0 Å². The van der Waals surface area contributed by atoms with Crippen LogP contribution in [0.15, 0.2) is 77.7 Å². The Morgan fingerprint density at radius 2 is 1.56 bits per heavy atom. The number of benzene rings is 3. The average Bonchev–Trinajstić information content (AvgIpc) is 2.97. The summed E-state index contributed by atoms with van der Waals surface area (Å²) in [6.45, 7) is 9.58. The molecule has 0 bridgehead atoms. The number of sulfonamides is 1. The summed E-state index contributed by atoms with van der Waals surface area (Å²) < 4.78 is 34.5. The molecule has 1 atom stereocenters. The average molecular weight is 580 g/mol. The number of para-hydroxylation sites is 1. The molecule has 220 valence electrons. The highest BCUT2D eigenvalue weighted by molar-refractivity contribution is 7.92. The highest BCUT2D eigenvalue weighted by atomic mass is 32.2. The quantitative estimate of drug-likeness (QED) is 0.309. The van der Waals surface area contributed by atoms with Crippen molar-refractivity contribution in [3.63, 3.8) is 0 Å². The molecule has 0 aromatic heterocycles. The van der Waals surface area contributed by atoms with Crippen LogP contribution < -0.4 is 14.4 Å². The molecule has 0 spiro atoms. The number of carbonyl (C=O) groups excluding carboxylic acids is 2. The molecule has 2 amide bonds. The third-order valence-corrected chi connectivity index (χ3v) is 8.67. The molecule has 0 saturated heterocycles. The first-order valence-electron chi connectivity index (χ1n) is 13.8. The van der Waals surface area contributed by atoms with Crippen LogP contribution in [-0.2, 0) is 32.6 Å². The Kier molecular flexibility index (Phi) is 10.9. The van der Waals surface area contributed by atoms with Gasteiger partial charge in [0.25, 0.3) is 10.0 Å². The molecule has 9 heteroatoms. The SMILES string of the molecule is CCc1ccccc1N(CC(=O)N(Cc1ccc(OC)cc1)[C@H](C)C(=O)NCC(C)C)S(=O)(=O)c1ccc(C)cc1. The minimum atomic E-state index is -4.11. The largest absolute Gasteiger partial charge is 0.497 e. The van der Waals surface area contributed by atoms with E-state index in [9.17, 15) is 18.0 Å². The molecule has 0 radical (unpaired) electrons. The number of amides is 2. The van der Waals surface area contributed by atoms with Gasteiger partial charge in [0.1, 0.15) is 18.3 Å². The molecule has 0 saturated carbocycles. The van der Waals surface area contributed by atoms with Gasteiger partial charge in [0, 0.05) is 13.1 Å². The summed E-state index contributed by atoms with van der Waals surface area (Å²) in [4.78, 5) is 28.7. The van der Waals surface area contributed by atoms with Crippen LogP contribution in [-0.4, -0.2) is 51.4 Å². The van der Waals surface area contributed by atoms with Crippen LogP contribution in [0.5, 0.6) is 5.75 Å².